The van der Waals surface area contributed by atoms with Crippen molar-refractivity contribution in [3.8, 4) is 0 Å². The second-order valence-electron chi connectivity index (χ2n) is 4.75. The molecular formula is C15H18F2O. The number of hydrogen-bond acceptors (Lipinski definition) is 1. The van der Waals surface area contributed by atoms with E-state index in [2.05, 4.69) is 10.8 Å². The minimum atomic E-state index is -2.90. The van der Waals surface area contributed by atoms with Gasteiger partial charge in [-0.1, -0.05) is 35.9 Å². The minimum absolute atomic E-state index is 0.0180. The van der Waals surface area contributed by atoms with E-state index in [0.717, 1.165) is 12.0 Å². The quantitative estimate of drug-likeness (QED) is 0.717. The van der Waals surface area contributed by atoms with Gasteiger partial charge in [-0.05, 0) is 31.2 Å². The summed E-state index contributed by atoms with van der Waals surface area (Å²) in [5.74, 6) is -2.90. The molecule has 1 aliphatic carbocycles. The summed E-state index contributed by atoms with van der Waals surface area (Å²) in [7, 11) is 1.28. The molecule has 0 aromatic heterocycles. The number of hydrogen-bond donors (Lipinski definition) is 0. The maximum atomic E-state index is 13.5. The molecular weight excluding hydrogens is 234 g/mol. The number of allylic oxidation sites excluding steroid dienone is 2. The van der Waals surface area contributed by atoms with Gasteiger partial charge in [0, 0.05) is 12.7 Å². The fraction of sp³-hybridized carbons (Fsp3) is 0.467. The molecule has 98 valence electrons. The Balaban J connectivity index is 2.00. The molecule has 0 unspecified atom stereocenters. The first kappa shape index (κ1) is 13.2. The molecule has 2 rings (SSSR count). The molecule has 0 spiro atoms. The second kappa shape index (κ2) is 5.61. The van der Waals surface area contributed by atoms with E-state index in [1.54, 1.807) is 12.1 Å². The van der Waals surface area contributed by atoms with E-state index in [-0.39, 0.29) is 5.56 Å². The van der Waals surface area contributed by atoms with Crippen LogP contribution in [0.5, 0.6) is 0 Å². The van der Waals surface area contributed by atoms with Crippen molar-refractivity contribution in [3.63, 3.8) is 0 Å². The van der Waals surface area contributed by atoms with Crippen molar-refractivity contribution in [3.05, 3.63) is 47.0 Å². The van der Waals surface area contributed by atoms with E-state index in [0.29, 0.717) is 0 Å². The van der Waals surface area contributed by atoms with E-state index in [9.17, 15) is 8.78 Å². The van der Waals surface area contributed by atoms with Crippen LogP contribution in [0.1, 0.15) is 30.4 Å². The van der Waals surface area contributed by atoms with Gasteiger partial charge in [-0.2, -0.15) is 8.78 Å². The Morgan fingerprint density at radius 1 is 1.22 bits per heavy atom. The Bertz CT molecular complexity index is 415. The molecule has 0 aliphatic heterocycles. The predicted molar refractivity (Wildman–Crippen MR) is 67.9 cm³/mol. The lowest BCUT2D eigenvalue weighted by Gasteiger charge is -2.17. The molecule has 1 fully saturated rings. The Hall–Kier alpha value is -1.22. The van der Waals surface area contributed by atoms with Gasteiger partial charge in [-0.25, -0.2) is 0 Å². The van der Waals surface area contributed by atoms with Crippen molar-refractivity contribution >= 4 is 0 Å². The van der Waals surface area contributed by atoms with Gasteiger partial charge < -0.3 is 4.74 Å². The number of ether oxygens (including phenoxy) is 1. The van der Waals surface area contributed by atoms with Crippen LogP contribution in [-0.2, 0) is 17.1 Å². The summed E-state index contributed by atoms with van der Waals surface area (Å²) in [5.41, 5.74) is 2.58. The number of halogens is 2. The van der Waals surface area contributed by atoms with Gasteiger partial charge in [0.1, 0.15) is 6.61 Å². The zero-order valence-corrected chi connectivity index (χ0v) is 10.6. The smallest absolute Gasteiger partial charge is 0.296 e. The highest BCUT2D eigenvalue weighted by molar-refractivity contribution is 5.28. The zero-order valence-electron chi connectivity index (χ0n) is 10.6. The Morgan fingerprint density at radius 3 is 2.39 bits per heavy atom. The highest BCUT2D eigenvalue weighted by Crippen LogP contribution is 2.29. The van der Waals surface area contributed by atoms with E-state index in [1.165, 1.54) is 44.1 Å². The molecule has 0 amide bonds. The van der Waals surface area contributed by atoms with Gasteiger partial charge >= 0.3 is 0 Å². The van der Waals surface area contributed by atoms with Crippen LogP contribution in [0, 0.1) is 0 Å². The van der Waals surface area contributed by atoms with Crippen LogP contribution in [0.2, 0.25) is 0 Å². The van der Waals surface area contributed by atoms with Gasteiger partial charge in [-0.3, -0.25) is 0 Å². The number of rotatable bonds is 5. The van der Waals surface area contributed by atoms with E-state index in [1.807, 2.05) is 0 Å². The Kier molecular flexibility index (Phi) is 4.12. The standard InChI is InChI=1S/C15H18F2O/c1-18-11-15(16,17)14-9-7-13(8-10-14)6-5-12-3-2-4-12/h5,7-10H,2-4,6,11H2,1H3. The average molecular weight is 252 g/mol. The lowest BCUT2D eigenvalue weighted by atomic mass is 9.91. The molecule has 18 heavy (non-hydrogen) atoms. The lowest BCUT2D eigenvalue weighted by molar-refractivity contribution is -0.0697. The normalized spacial score (nSPS) is 15.4. The maximum Gasteiger partial charge on any atom is 0.296 e. The molecule has 1 saturated carbocycles. The number of alkyl halides is 2. The van der Waals surface area contributed by atoms with Crippen molar-refractivity contribution in [1.29, 1.82) is 0 Å². The first-order valence-corrected chi connectivity index (χ1v) is 6.26. The Morgan fingerprint density at radius 2 is 1.89 bits per heavy atom. The van der Waals surface area contributed by atoms with Gasteiger partial charge in [0.2, 0.25) is 0 Å². The summed E-state index contributed by atoms with van der Waals surface area (Å²) in [6.07, 6.45) is 6.74. The van der Waals surface area contributed by atoms with Crippen LogP contribution in [0.4, 0.5) is 8.78 Å². The van der Waals surface area contributed by atoms with E-state index < -0.39 is 12.5 Å². The summed E-state index contributed by atoms with van der Waals surface area (Å²) in [6, 6.07) is 6.53. The van der Waals surface area contributed by atoms with Crippen LogP contribution in [0.15, 0.2) is 35.9 Å². The molecule has 1 aromatic rings. The summed E-state index contributed by atoms with van der Waals surface area (Å²) in [5, 5.41) is 0. The zero-order chi connectivity index (χ0) is 13.0. The van der Waals surface area contributed by atoms with Gasteiger partial charge in [0.05, 0.1) is 0 Å². The summed E-state index contributed by atoms with van der Waals surface area (Å²) in [4.78, 5) is 0. The molecule has 0 atom stereocenters. The van der Waals surface area contributed by atoms with Gasteiger partial charge in [0.25, 0.3) is 5.92 Å². The molecule has 0 saturated heterocycles. The van der Waals surface area contributed by atoms with Crippen LogP contribution in [0.3, 0.4) is 0 Å². The Labute approximate surface area is 106 Å². The van der Waals surface area contributed by atoms with Crippen LogP contribution in [0.25, 0.3) is 0 Å². The molecule has 1 aromatic carbocycles. The highest BCUT2D eigenvalue weighted by Gasteiger charge is 2.31. The number of benzene rings is 1. The lowest BCUT2D eigenvalue weighted by Crippen LogP contribution is -2.19. The largest absolute Gasteiger partial charge is 0.378 e. The van der Waals surface area contributed by atoms with Crippen LogP contribution < -0.4 is 0 Å². The molecule has 0 heterocycles. The first-order valence-electron chi connectivity index (χ1n) is 6.26. The first-order chi connectivity index (χ1) is 8.62. The molecule has 0 N–H and O–H groups in total. The fourth-order valence-corrected chi connectivity index (χ4v) is 2.00. The topological polar surface area (TPSA) is 9.23 Å². The molecule has 1 aliphatic rings. The second-order valence-corrected chi connectivity index (χ2v) is 4.75. The minimum Gasteiger partial charge on any atom is -0.378 e. The predicted octanol–water partition coefficient (Wildman–Crippen LogP) is 4.08. The monoisotopic (exact) mass is 252 g/mol. The van der Waals surface area contributed by atoms with Crippen molar-refractivity contribution in [1.82, 2.24) is 0 Å². The average Bonchev–Trinajstić information content (AvgIpc) is 2.27. The third kappa shape index (κ3) is 3.16. The third-order valence-corrected chi connectivity index (χ3v) is 3.32. The molecule has 0 radical (unpaired) electrons. The SMILES string of the molecule is COCC(F)(F)c1ccc(CC=C2CCC2)cc1. The van der Waals surface area contributed by atoms with Crippen LogP contribution >= 0.6 is 0 Å². The summed E-state index contributed by atoms with van der Waals surface area (Å²) < 4.78 is 31.6. The van der Waals surface area contributed by atoms with Gasteiger partial charge in [-0.15, -0.1) is 0 Å². The van der Waals surface area contributed by atoms with E-state index in [4.69, 9.17) is 0 Å². The van der Waals surface area contributed by atoms with Crippen molar-refractivity contribution in [2.75, 3.05) is 13.7 Å². The third-order valence-electron chi connectivity index (χ3n) is 3.32. The van der Waals surface area contributed by atoms with Crippen LogP contribution in [-0.4, -0.2) is 13.7 Å². The molecule has 0 bridgehead atoms. The summed E-state index contributed by atoms with van der Waals surface area (Å²) >= 11 is 0. The summed E-state index contributed by atoms with van der Waals surface area (Å²) in [6.45, 7) is -0.573. The van der Waals surface area contributed by atoms with Gasteiger partial charge in [0.15, 0.2) is 0 Å². The molecule has 1 nitrogen and oxygen atoms in total. The van der Waals surface area contributed by atoms with Crippen molar-refractivity contribution in [2.45, 2.75) is 31.6 Å². The molecule has 3 heteroatoms. The van der Waals surface area contributed by atoms with Crippen molar-refractivity contribution in [2.24, 2.45) is 0 Å². The maximum absolute atomic E-state index is 13.5. The van der Waals surface area contributed by atoms with E-state index >= 15 is 0 Å². The number of methoxy groups -OCH3 is 1. The highest BCUT2D eigenvalue weighted by atomic mass is 19.3. The van der Waals surface area contributed by atoms with Crippen molar-refractivity contribution < 1.29 is 13.5 Å². The fourth-order valence-electron chi connectivity index (χ4n) is 2.00.